The molecule has 3 aliphatic rings. The Labute approximate surface area is 203 Å². The van der Waals surface area contributed by atoms with Gasteiger partial charge in [0.1, 0.15) is 0 Å². The lowest BCUT2D eigenvalue weighted by atomic mass is 9.70. The van der Waals surface area contributed by atoms with E-state index in [4.69, 9.17) is 0 Å². The summed E-state index contributed by atoms with van der Waals surface area (Å²) in [6.07, 6.45) is 3.48. The summed E-state index contributed by atoms with van der Waals surface area (Å²) in [4.78, 5) is 42.8. The largest absolute Gasteiger partial charge is 0.342 e. The van der Waals surface area contributed by atoms with Crippen LogP contribution in [0.1, 0.15) is 43.0 Å². The molecule has 7 nitrogen and oxygen atoms in total. The molecule has 1 aromatic heterocycles. The maximum Gasteiger partial charge on any atom is 0.324 e. The Morgan fingerprint density at radius 2 is 1.88 bits per heavy atom. The second-order valence-corrected chi connectivity index (χ2v) is 10.7. The van der Waals surface area contributed by atoms with Gasteiger partial charge in [-0.1, -0.05) is 12.1 Å². The third-order valence-corrected chi connectivity index (χ3v) is 8.74. The van der Waals surface area contributed by atoms with Gasteiger partial charge in [0.05, 0.1) is 23.1 Å². The molecular formula is C26H28N4O3S. The lowest BCUT2D eigenvalue weighted by Gasteiger charge is -2.48. The van der Waals surface area contributed by atoms with Crippen LogP contribution >= 0.6 is 11.3 Å². The first-order valence-electron chi connectivity index (χ1n) is 11.8. The van der Waals surface area contributed by atoms with E-state index in [1.807, 2.05) is 41.5 Å². The number of nitrogens with one attached hydrogen (secondary N) is 1. The Morgan fingerprint density at radius 1 is 1.15 bits per heavy atom. The molecule has 8 heteroatoms. The molecule has 3 heterocycles. The highest BCUT2D eigenvalue weighted by molar-refractivity contribution is 7.10. The Bertz CT molecular complexity index is 1190. The smallest absolute Gasteiger partial charge is 0.324 e. The molecule has 2 aromatic rings. The number of amides is 4. The van der Waals surface area contributed by atoms with Gasteiger partial charge in [-0.25, -0.2) is 4.79 Å². The van der Waals surface area contributed by atoms with Gasteiger partial charge in [-0.05, 0) is 73.2 Å². The second-order valence-electron chi connectivity index (χ2n) is 9.84. The van der Waals surface area contributed by atoms with Crippen molar-refractivity contribution >= 4 is 29.2 Å². The standard InChI is InChI=1S/C26H28N4O3S/c1-26(21-13-20(15-34-21)19-5-3-4-16(12-19)14-27)22(24(32)29(2)25(33)28-26)17-8-10-30(11-9-17)23(31)18-6-7-18/h3-5,12-13,15,17-18,22H,6-11H2,1-2H3,(H,28,33)/t22-,26+/m0/s1. The van der Waals surface area contributed by atoms with E-state index >= 15 is 0 Å². The van der Waals surface area contributed by atoms with Crippen LogP contribution in [0.2, 0.25) is 0 Å². The van der Waals surface area contributed by atoms with E-state index < -0.39 is 17.5 Å². The van der Waals surface area contributed by atoms with Crippen molar-refractivity contribution in [2.45, 2.75) is 38.1 Å². The number of likely N-dealkylation sites (tertiary alicyclic amines) is 1. The van der Waals surface area contributed by atoms with Crippen LogP contribution in [-0.2, 0) is 15.1 Å². The van der Waals surface area contributed by atoms with Crippen LogP contribution in [0, 0.1) is 29.1 Å². The Balaban J connectivity index is 1.44. The minimum atomic E-state index is -0.843. The van der Waals surface area contributed by atoms with Crippen molar-refractivity contribution in [2.75, 3.05) is 20.1 Å². The predicted octanol–water partition coefficient (Wildman–Crippen LogP) is 3.95. The number of carbonyl (C=O) groups is 3. The third kappa shape index (κ3) is 3.88. The summed E-state index contributed by atoms with van der Waals surface area (Å²) in [6.45, 7) is 3.27. The number of benzene rings is 1. The summed E-state index contributed by atoms with van der Waals surface area (Å²) in [5.74, 6) is -0.0574. The van der Waals surface area contributed by atoms with Crippen LogP contribution < -0.4 is 5.32 Å². The first-order valence-corrected chi connectivity index (χ1v) is 12.7. The lowest BCUT2D eigenvalue weighted by molar-refractivity contribution is -0.141. The molecule has 34 heavy (non-hydrogen) atoms. The van der Waals surface area contributed by atoms with Gasteiger partial charge in [0.2, 0.25) is 11.8 Å². The number of hydrogen-bond donors (Lipinski definition) is 1. The summed E-state index contributed by atoms with van der Waals surface area (Å²) in [5, 5.41) is 14.4. The topological polar surface area (TPSA) is 93.5 Å². The van der Waals surface area contributed by atoms with E-state index in [0.717, 1.165) is 41.7 Å². The van der Waals surface area contributed by atoms with Gasteiger partial charge in [-0.15, -0.1) is 11.3 Å². The minimum absolute atomic E-state index is 0.0660. The van der Waals surface area contributed by atoms with Crippen LogP contribution in [-0.4, -0.2) is 47.8 Å². The van der Waals surface area contributed by atoms with Crippen molar-refractivity contribution in [3.8, 4) is 17.2 Å². The zero-order valence-corrected chi connectivity index (χ0v) is 20.2. The minimum Gasteiger partial charge on any atom is -0.342 e. The summed E-state index contributed by atoms with van der Waals surface area (Å²) in [5.41, 5.74) is 1.63. The van der Waals surface area contributed by atoms with Gasteiger partial charge in [-0.2, -0.15) is 5.26 Å². The van der Waals surface area contributed by atoms with Crippen LogP contribution in [0.5, 0.6) is 0 Å². The fourth-order valence-electron chi connectivity index (χ4n) is 5.40. The molecule has 0 unspecified atom stereocenters. The van der Waals surface area contributed by atoms with Crippen molar-refractivity contribution in [3.05, 3.63) is 46.2 Å². The van der Waals surface area contributed by atoms with Gasteiger partial charge < -0.3 is 10.2 Å². The van der Waals surface area contributed by atoms with Crippen LogP contribution in [0.15, 0.2) is 35.7 Å². The highest BCUT2D eigenvalue weighted by Crippen LogP contribution is 2.45. The van der Waals surface area contributed by atoms with E-state index in [1.165, 1.54) is 23.3 Å². The number of piperidine rings is 1. The number of thiophene rings is 1. The highest BCUT2D eigenvalue weighted by Gasteiger charge is 2.53. The number of hydrogen-bond acceptors (Lipinski definition) is 5. The van der Waals surface area contributed by atoms with Gasteiger partial charge in [0.15, 0.2) is 0 Å². The predicted molar refractivity (Wildman–Crippen MR) is 129 cm³/mol. The molecule has 0 bridgehead atoms. The van der Waals surface area contributed by atoms with Gasteiger partial charge >= 0.3 is 6.03 Å². The normalized spacial score (nSPS) is 25.7. The number of carbonyl (C=O) groups excluding carboxylic acids is 3. The molecule has 2 aliphatic heterocycles. The summed E-state index contributed by atoms with van der Waals surface area (Å²) in [7, 11) is 1.53. The summed E-state index contributed by atoms with van der Waals surface area (Å²) in [6, 6.07) is 11.2. The fourth-order valence-corrected chi connectivity index (χ4v) is 6.47. The van der Waals surface area contributed by atoms with Gasteiger partial charge in [-0.3, -0.25) is 14.5 Å². The molecule has 0 radical (unpaired) electrons. The van der Waals surface area contributed by atoms with Crippen molar-refractivity contribution in [1.29, 1.82) is 5.26 Å². The number of nitrogens with zero attached hydrogens (tertiary/aromatic N) is 3. The zero-order valence-electron chi connectivity index (χ0n) is 19.4. The van der Waals surface area contributed by atoms with Crippen molar-refractivity contribution in [3.63, 3.8) is 0 Å². The van der Waals surface area contributed by atoms with E-state index in [9.17, 15) is 19.6 Å². The van der Waals surface area contributed by atoms with E-state index in [-0.39, 0.29) is 23.7 Å². The number of imide groups is 1. The van der Waals surface area contributed by atoms with Gasteiger partial charge in [0, 0.05) is 30.9 Å². The molecule has 176 valence electrons. The molecule has 5 rings (SSSR count). The molecular weight excluding hydrogens is 448 g/mol. The van der Waals surface area contributed by atoms with Crippen molar-refractivity contribution in [2.24, 2.45) is 17.8 Å². The highest BCUT2D eigenvalue weighted by atomic mass is 32.1. The number of urea groups is 1. The average molecular weight is 477 g/mol. The van der Waals surface area contributed by atoms with Crippen LogP contribution in [0.3, 0.4) is 0 Å². The third-order valence-electron chi connectivity index (χ3n) is 7.58. The van der Waals surface area contributed by atoms with Crippen LogP contribution in [0.4, 0.5) is 4.79 Å². The molecule has 2 atom stereocenters. The molecule has 1 N–H and O–H groups in total. The SMILES string of the molecule is CN1C(=O)N[C@](C)(c2cc(-c3cccc(C#N)c3)cs2)[C@@H](C2CCN(C(=O)C3CC3)CC2)C1=O. The lowest BCUT2D eigenvalue weighted by Crippen LogP contribution is -2.65. The molecule has 1 aliphatic carbocycles. The van der Waals surface area contributed by atoms with Crippen LogP contribution in [0.25, 0.3) is 11.1 Å². The van der Waals surface area contributed by atoms with E-state index in [2.05, 4.69) is 11.4 Å². The Morgan fingerprint density at radius 3 is 2.56 bits per heavy atom. The number of rotatable bonds is 4. The maximum absolute atomic E-state index is 13.5. The zero-order chi connectivity index (χ0) is 24.0. The molecule has 3 fully saturated rings. The second kappa shape index (κ2) is 8.55. The summed E-state index contributed by atoms with van der Waals surface area (Å²) >= 11 is 1.52. The quantitative estimate of drug-likeness (QED) is 0.723. The monoisotopic (exact) mass is 476 g/mol. The first kappa shape index (κ1) is 22.6. The molecule has 4 amide bonds. The molecule has 2 saturated heterocycles. The molecule has 1 aromatic carbocycles. The number of nitriles is 1. The Hall–Kier alpha value is -3.18. The Kier molecular flexibility index (Phi) is 5.68. The van der Waals surface area contributed by atoms with Gasteiger partial charge in [0.25, 0.3) is 0 Å². The fraction of sp³-hybridized carbons (Fsp3) is 0.462. The maximum atomic E-state index is 13.5. The van der Waals surface area contributed by atoms with E-state index in [1.54, 1.807) is 6.07 Å². The van der Waals surface area contributed by atoms with Crippen molar-refractivity contribution < 1.29 is 14.4 Å². The summed E-state index contributed by atoms with van der Waals surface area (Å²) < 4.78 is 0. The van der Waals surface area contributed by atoms with E-state index in [0.29, 0.717) is 18.7 Å². The average Bonchev–Trinajstić information content (AvgIpc) is 3.58. The first-order chi connectivity index (χ1) is 16.3. The van der Waals surface area contributed by atoms with Crippen molar-refractivity contribution in [1.82, 2.24) is 15.1 Å². The molecule has 0 spiro atoms. The molecule has 1 saturated carbocycles.